The molecule has 0 unspecified atom stereocenters. The Balaban J connectivity index is 2.82. The summed E-state index contributed by atoms with van der Waals surface area (Å²) in [5, 5.41) is 0. The molecule has 0 amide bonds. The van der Waals surface area contributed by atoms with E-state index in [4.69, 9.17) is 0 Å². The fourth-order valence-corrected chi connectivity index (χ4v) is 1.57. The fraction of sp³-hybridized carbons (Fsp3) is 0.143. The minimum Gasteiger partial charge on any atom is -0.332 e. The quantitative estimate of drug-likeness (QED) is 0.602. The Hall–Kier alpha value is -1.30. The van der Waals surface area contributed by atoms with Crippen LogP contribution in [0.1, 0.15) is 16.4 Å². The molecule has 2 aromatic rings. The van der Waals surface area contributed by atoms with Crippen LogP contribution in [0.15, 0.2) is 4.60 Å². The van der Waals surface area contributed by atoms with Crippen molar-refractivity contribution in [3.63, 3.8) is 0 Å². The highest BCUT2D eigenvalue weighted by molar-refractivity contribution is 9.10. The summed E-state index contributed by atoms with van der Waals surface area (Å²) in [6.07, 6.45) is 0.642. The molecule has 0 aliphatic heterocycles. The molecule has 66 valence electrons. The minimum atomic E-state index is 0.260. The van der Waals surface area contributed by atoms with Gasteiger partial charge in [-0.05, 0) is 22.9 Å². The molecule has 5 nitrogen and oxygen atoms in total. The number of aryl methyl sites for hydroxylation is 1. The second-order valence-electron chi connectivity index (χ2n) is 2.50. The van der Waals surface area contributed by atoms with E-state index in [0.717, 1.165) is 0 Å². The van der Waals surface area contributed by atoms with Gasteiger partial charge in [-0.3, -0.25) is 4.79 Å². The van der Waals surface area contributed by atoms with Gasteiger partial charge in [0.1, 0.15) is 15.9 Å². The van der Waals surface area contributed by atoms with Gasteiger partial charge in [0.25, 0.3) is 0 Å². The van der Waals surface area contributed by atoms with Crippen LogP contribution in [-0.4, -0.2) is 26.2 Å². The Morgan fingerprint density at radius 3 is 2.85 bits per heavy atom. The van der Waals surface area contributed by atoms with Gasteiger partial charge in [-0.15, -0.1) is 0 Å². The predicted molar refractivity (Wildman–Crippen MR) is 49.5 cm³/mol. The van der Waals surface area contributed by atoms with Crippen LogP contribution in [0.2, 0.25) is 0 Å². The fourth-order valence-electron chi connectivity index (χ4n) is 1.04. The van der Waals surface area contributed by atoms with E-state index in [-0.39, 0.29) is 5.82 Å². The second-order valence-corrected chi connectivity index (χ2v) is 3.25. The number of H-pyrrole nitrogens is 1. The maximum atomic E-state index is 10.4. The molecule has 2 aromatic heterocycles. The van der Waals surface area contributed by atoms with E-state index in [1.807, 2.05) is 0 Å². The van der Waals surface area contributed by atoms with Crippen molar-refractivity contribution >= 4 is 33.4 Å². The van der Waals surface area contributed by atoms with Gasteiger partial charge in [0, 0.05) is 0 Å². The molecule has 0 radical (unpaired) electrons. The van der Waals surface area contributed by atoms with Crippen LogP contribution in [0.5, 0.6) is 0 Å². The molecule has 0 aliphatic rings. The third kappa shape index (κ3) is 1.33. The number of fused-ring (bicyclic) bond motifs is 1. The Kier molecular flexibility index (Phi) is 1.84. The molecule has 0 saturated carbocycles. The third-order valence-electron chi connectivity index (χ3n) is 1.55. The van der Waals surface area contributed by atoms with Crippen molar-refractivity contribution in [3.8, 4) is 0 Å². The molecule has 0 spiro atoms. The zero-order valence-corrected chi connectivity index (χ0v) is 8.29. The minimum absolute atomic E-state index is 0.260. The van der Waals surface area contributed by atoms with Gasteiger partial charge in [0.15, 0.2) is 17.8 Å². The number of aromatic amines is 1. The highest BCUT2D eigenvalue weighted by atomic mass is 79.9. The Bertz CT molecular complexity index is 479. The predicted octanol–water partition coefficient (Wildman–Crippen LogP) is 1.24. The summed E-state index contributed by atoms with van der Waals surface area (Å²) in [6.45, 7) is 1.76. The largest absolute Gasteiger partial charge is 0.332 e. The van der Waals surface area contributed by atoms with Crippen LogP contribution in [0.25, 0.3) is 11.2 Å². The van der Waals surface area contributed by atoms with Crippen molar-refractivity contribution in [2.24, 2.45) is 0 Å². The summed E-state index contributed by atoms with van der Waals surface area (Å²) in [6, 6.07) is 0. The lowest BCUT2D eigenvalue weighted by molar-refractivity contribution is 0.111. The number of carbonyl (C=O) groups is 1. The normalized spacial score (nSPS) is 10.6. The molecule has 6 heteroatoms. The molecule has 0 aromatic carbocycles. The molecule has 1 N–H and O–H groups in total. The lowest BCUT2D eigenvalue weighted by Gasteiger charge is -1.92. The molecule has 13 heavy (non-hydrogen) atoms. The monoisotopic (exact) mass is 240 g/mol. The number of aromatic nitrogens is 4. The lowest BCUT2D eigenvalue weighted by Crippen LogP contribution is -1.89. The summed E-state index contributed by atoms with van der Waals surface area (Å²) in [5.41, 5.74) is 1.15. The van der Waals surface area contributed by atoms with E-state index in [2.05, 4.69) is 35.9 Å². The molecule has 0 saturated heterocycles. The molecule has 2 heterocycles. The SMILES string of the molecule is Cc1nc(Br)c2[nH]c(C=O)nc2n1. The maximum Gasteiger partial charge on any atom is 0.185 e. The zero-order chi connectivity index (χ0) is 9.42. The van der Waals surface area contributed by atoms with Crippen molar-refractivity contribution in [1.29, 1.82) is 0 Å². The molecule has 2 rings (SSSR count). The van der Waals surface area contributed by atoms with Gasteiger partial charge >= 0.3 is 0 Å². The molecular formula is C7H5BrN4O. The first-order valence-corrected chi connectivity index (χ1v) is 4.35. The second kappa shape index (κ2) is 2.88. The molecule has 0 bridgehead atoms. The first-order chi connectivity index (χ1) is 6.20. The number of hydrogen-bond acceptors (Lipinski definition) is 4. The lowest BCUT2D eigenvalue weighted by atomic mass is 10.5. The molecule has 0 fully saturated rings. The van der Waals surface area contributed by atoms with Crippen LogP contribution in [0.3, 0.4) is 0 Å². The number of nitrogens with zero attached hydrogens (tertiary/aromatic N) is 3. The summed E-state index contributed by atoms with van der Waals surface area (Å²) < 4.78 is 0.621. The van der Waals surface area contributed by atoms with E-state index < -0.39 is 0 Å². The standard InChI is InChI=1S/C7H5BrN4O/c1-3-9-6(8)5-7(10-3)12-4(2-13)11-5/h2H,1H3,(H,9,10,11,12). The van der Waals surface area contributed by atoms with Crippen LogP contribution in [0.4, 0.5) is 0 Å². The Morgan fingerprint density at radius 2 is 2.15 bits per heavy atom. The number of halogens is 1. The zero-order valence-electron chi connectivity index (χ0n) is 6.71. The van der Waals surface area contributed by atoms with Crippen molar-refractivity contribution in [2.45, 2.75) is 6.92 Å². The highest BCUT2D eigenvalue weighted by Crippen LogP contribution is 2.17. The van der Waals surface area contributed by atoms with Gasteiger partial charge in [0.2, 0.25) is 0 Å². The smallest absolute Gasteiger partial charge is 0.185 e. The maximum absolute atomic E-state index is 10.4. The summed E-state index contributed by atoms with van der Waals surface area (Å²) >= 11 is 3.25. The average Bonchev–Trinajstić information content (AvgIpc) is 2.47. The first kappa shape index (κ1) is 8.31. The molecule has 0 aliphatic carbocycles. The van der Waals surface area contributed by atoms with Crippen molar-refractivity contribution in [2.75, 3.05) is 0 Å². The van der Waals surface area contributed by atoms with Crippen LogP contribution < -0.4 is 0 Å². The Labute approximate surface area is 81.7 Å². The van der Waals surface area contributed by atoms with Crippen LogP contribution in [0, 0.1) is 6.92 Å². The van der Waals surface area contributed by atoms with E-state index in [1.165, 1.54) is 0 Å². The number of hydrogen-bond donors (Lipinski definition) is 1. The number of aldehydes is 1. The number of rotatable bonds is 1. The first-order valence-electron chi connectivity index (χ1n) is 3.56. The summed E-state index contributed by atoms with van der Waals surface area (Å²) in [5.74, 6) is 0.874. The van der Waals surface area contributed by atoms with Gasteiger partial charge < -0.3 is 4.98 Å². The summed E-state index contributed by atoms with van der Waals surface area (Å²) in [7, 11) is 0. The number of nitrogens with one attached hydrogen (secondary N) is 1. The van der Waals surface area contributed by atoms with Gasteiger partial charge in [-0.2, -0.15) is 0 Å². The Morgan fingerprint density at radius 1 is 1.38 bits per heavy atom. The van der Waals surface area contributed by atoms with E-state index in [9.17, 15) is 4.79 Å². The van der Waals surface area contributed by atoms with Gasteiger partial charge in [0.05, 0.1) is 0 Å². The summed E-state index contributed by atoms with van der Waals surface area (Å²) in [4.78, 5) is 25.3. The number of imidazole rings is 1. The molecule has 0 atom stereocenters. The molecular weight excluding hydrogens is 236 g/mol. The van der Waals surface area contributed by atoms with Crippen molar-refractivity contribution in [1.82, 2.24) is 19.9 Å². The van der Waals surface area contributed by atoms with Gasteiger partial charge in [-0.1, -0.05) is 0 Å². The van der Waals surface area contributed by atoms with E-state index in [1.54, 1.807) is 6.92 Å². The third-order valence-corrected chi connectivity index (χ3v) is 2.12. The number of carbonyl (C=O) groups excluding carboxylic acids is 1. The average molecular weight is 241 g/mol. The van der Waals surface area contributed by atoms with Crippen molar-refractivity contribution < 1.29 is 4.79 Å². The van der Waals surface area contributed by atoms with Crippen LogP contribution >= 0.6 is 15.9 Å². The topological polar surface area (TPSA) is 71.5 Å². The highest BCUT2D eigenvalue weighted by Gasteiger charge is 2.07. The van der Waals surface area contributed by atoms with E-state index in [0.29, 0.717) is 27.9 Å². The van der Waals surface area contributed by atoms with Crippen molar-refractivity contribution in [3.05, 3.63) is 16.3 Å². The van der Waals surface area contributed by atoms with E-state index >= 15 is 0 Å². The van der Waals surface area contributed by atoms with Crippen LogP contribution in [-0.2, 0) is 0 Å². The van der Waals surface area contributed by atoms with Gasteiger partial charge in [-0.25, -0.2) is 15.0 Å².